The van der Waals surface area contributed by atoms with Crippen LogP contribution in [0.4, 0.5) is 18.9 Å². The first-order valence-corrected chi connectivity index (χ1v) is 12.2. The zero-order valence-electron chi connectivity index (χ0n) is 18.8. The SMILES string of the molecule is Cc1c(C(=O)C(=O)NC2(c3nncs3)CC2)c2n(c1C(=O)Nc1ccnc(C(F)F)c1F)C1CC1C2. The third-order valence-corrected chi connectivity index (χ3v) is 8.01. The van der Waals surface area contributed by atoms with Crippen molar-refractivity contribution in [2.75, 3.05) is 5.32 Å². The fraction of sp³-hybridized carbons (Fsp3) is 0.391. The molecule has 2 amide bonds. The minimum atomic E-state index is -3.15. The van der Waals surface area contributed by atoms with Crippen LogP contribution in [-0.2, 0) is 16.8 Å². The lowest BCUT2D eigenvalue weighted by molar-refractivity contribution is -0.118. The van der Waals surface area contributed by atoms with Gasteiger partial charge in [0, 0.05) is 17.9 Å². The number of nitrogens with one attached hydrogen (secondary N) is 2. The van der Waals surface area contributed by atoms with Gasteiger partial charge < -0.3 is 15.2 Å². The highest BCUT2D eigenvalue weighted by Crippen LogP contribution is 2.54. The van der Waals surface area contributed by atoms with Crippen LogP contribution in [0.15, 0.2) is 17.8 Å². The van der Waals surface area contributed by atoms with Gasteiger partial charge >= 0.3 is 0 Å². The Morgan fingerprint density at radius 1 is 1.28 bits per heavy atom. The molecule has 2 aliphatic carbocycles. The average Bonchev–Trinajstić information content (AvgIpc) is 3.62. The van der Waals surface area contributed by atoms with Crippen LogP contribution in [0.1, 0.15) is 74.5 Å². The Bertz CT molecular complexity index is 1430. The summed E-state index contributed by atoms with van der Waals surface area (Å²) in [5.74, 6) is -3.38. The molecule has 2 saturated carbocycles. The second-order valence-electron chi connectivity index (χ2n) is 9.35. The Balaban J connectivity index is 1.32. The summed E-state index contributed by atoms with van der Waals surface area (Å²) in [7, 11) is 0. The summed E-state index contributed by atoms with van der Waals surface area (Å²) in [5.41, 5.74) is 0.497. The van der Waals surface area contributed by atoms with Crippen LogP contribution in [0.25, 0.3) is 0 Å². The van der Waals surface area contributed by atoms with E-state index in [4.69, 9.17) is 0 Å². The van der Waals surface area contributed by atoms with Gasteiger partial charge in [0.05, 0.1) is 16.8 Å². The number of pyridine rings is 1. The lowest BCUT2D eigenvalue weighted by Gasteiger charge is -2.14. The maximum Gasteiger partial charge on any atom is 0.293 e. The highest BCUT2D eigenvalue weighted by atomic mass is 32.1. The van der Waals surface area contributed by atoms with Gasteiger partial charge in [0.1, 0.15) is 21.9 Å². The molecule has 2 atom stereocenters. The molecule has 2 unspecified atom stereocenters. The number of Topliss-reactive ketones (excluding diaryl/α,β-unsaturated/α-hetero) is 1. The molecular formula is C23H19F3N6O3S. The van der Waals surface area contributed by atoms with Gasteiger partial charge in [0.15, 0.2) is 5.82 Å². The monoisotopic (exact) mass is 516 g/mol. The summed E-state index contributed by atoms with van der Waals surface area (Å²) < 4.78 is 42.3. The standard InChI is InChI=1S/C23H19F3N6O3S/c1-9-14(18(33)21(35)30-23(3-4-23)22-31-28-8-36-22)13-7-10-6-12(10)32(13)17(9)20(34)29-11-2-5-27-16(15(11)24)19(25)26/h2,5,8,10,12,19H,3-4,6-7H2,1H3,(H,30,35)(H,27,29,34). The summed E-state index contributed by atoms with van der Waals surface area (Å²) >= 11 is 1.30. The molecule has 1 aliphatic heterocycles. The molecule has 186 valence electrons. The molecule has 0 aromatic carbocycles. The van der Waals surface area contributed by atoms with Crippen molar-refractivity contribution in [2.45, 2.75) is 50.6 Å². The van der Waals surface area contributed by atoms with Crippen LogP contribution in [0.5, 0.6) is 0 Å². The average molecular weight is 517 g/mol. The van der Waals surface area contributed by atoms with E-state index in [9.17, 15) is 27.6 Å². The first kappa shape index (κ1) is 22.8. The third kappa shape index (κ3) is 3.44. The molecule has 3 aliphatic rings. The molecule has 0 bridgehead atoms. The highest BCUT2D eigenvalue weighted by Gasteiger charge is 2.52. The van der Waals surface area contributed by atoms with Crippen molar-refractivity contribution in [1.82, 2.24) is 25.1 Å². The van der Waals surface area contributed by atoms with E-state index in [1.165, 1.54) is 11.3 Å². The second kappa shape index (κ2) is 7.95. The summed E-state index contributed by atoms with van der Waals surface area (Å²) in [6, 6.07) is 1.09. The number of amides is 2. The van der Waals surface area contributed by atoms with Crippen molar-refractivity contribution in [2.24, 2.45) is 5.92 Å². The van der Waals surface area contributed by atoms with Crippen LogP contribution in [-0.4, -0.2) is 37.3 Å². The minimum Gasteiger partial charge on any atom is -0.337 e. The summed E-state index contributed by atoms with van der Waals surface area (Å²) in [6.45, 7) is 1.56. The van der Waals surface area contributed by atoms with E-state index >= 15 is 0 Å². The Hall–Kier alpha value is -3.61. The van der Waals surface area contributed by atoms with Crippen molar-refractivity contribution in [1.29, 1.82) is 0 Å². The molecule has 4 heterocycles. The number of rotatable bonds is 7. The largest absolute Gasteiger partial charge is 0.337 e. The van der Waals surface area contributed by atoms with Gasteiger partial charge in [0.25, 0.3) is 24.0 Å². The smallest absolute Gasteiger partial charge is 0.293 e. The fourth-order valence-corrected chi connectivity index (χ4v) is 5.88. The quantitative estimate of drug-likeness (QED) is 0.367. The fourth-order valence-electron chi connectivity index (χ4n) is 5.11. The van der Waals surface area contributed by atoms with E-state index in [1.807, 2.05) is 0 Å². The Kier molecular flexibility index (Phi) is 5.04. The molecule has 36 heavy (non-hydrogen) atoms. The van der Waals surface area contributed by atoms with E-state index in [2.05, 4.69) is 25.8 Å². The molecule has 0 spiro atoms. The number of halogens is 3. The Labute approximate surface area is 206 Å². The molecule has 0 radical (unpaired) electrons. The zero-order chi connectivity index (χ0) is 25.4. The van der Waals surface area contributed by atoms with Gasteiger partial charge in [-0.25, -0.2) is 13.2 Å². The number of anilines is 1. The summed E-state index contributed by atoms with van der Waals surface area (Å²) in [6.07, 6.45) is 0.478. The van der Waals surface area contributed by atoms with Crippen LogP contribution in [0.3, 0.4) is 0 Å². The van der Waals surface area contributed by atoms with Gasteiger partial charge in [-0.05, 0) is 50.2 Å². The van der Waals surface area contributed by atoms with E-state index in [0.29, 0.717) is 30.0 Å². The van der Waals surface area contributed by atoms with E-state index < -0.39 is 46.8 Å². The van der Waals surface area contributed by atoms with Crippen molar-refractivity contribution >= 4 is 34.6 Å². The van der Waals surface area contributed by atoms with Gasteiger partial charge in [-0.3, -0.25) is 19.4 Å². The van der Waals surface area contributed by atoms with E-state index in [0.717, 1.165) is 18.7 Å². The molecular weight excluding hydrogens is 497 g/mol. The Morgan fingerprint density at radius 2 is 2.06 bits per heavy atom. The first-order valence-electron chi connectivity index (χ1n) is 11.3. The van der Waals surface area contributed by atoms with Gasteiger partial charge in [-0.15, -0.1) is 21.5 Å². The number of carbonyl (C=O) groups is 3. The van der Waals surface area contributed by atoms with Crippen molar-refractivity contribution < 1.29 is 27.6 Å². The Morgan fingerprint density at radius 3 is 2.72 bits per heavy atom. The van der Waals surface area contributed by atoms with Gasteiger partial charge in [0.2, 0.25) is 0 Å². The molecule has 0 saturated heterocycles. The number of fused-ring (bicyclic) bond motifs is 3. The van der Waals surface area contributed by atoms with Crippen molar-refractivity contribution in [3.05, 3.63) is 56.8 Å². The van der Waals surface area contributed by atoms with Crippen LogP contribution < -0.4 is 10.6 Å². The molecule has 13 heteroatoms. The zero-order valence-corrected chi connectivity index (χ0v) is 19.7. The number of aromatic nitrogens is 4. The number of alkyl halides is 2. The predicted molar refractivity (Wildman–Crippen MR) is 120 cm³/mol. The molecule has 3 aromatic rings. The van der Waals surface area contributed by atoms with Crippen LogP contribution in [0.2, 0.25) is 0 Å². The molecule has 2 N–H and O–H groups in total. The van der Waals surface area contributed by atoms with Gasteiger partial charge in [-0.2, -0.15) is 0 Å². The molecule has 2 fully saturated rings. The molecule has 6 rings (SSSR count). The highest BCUT2D eigenvalue weighted by molar-refractivity contribution is 7.09. The number of hydrogen-bond acceptors (Lipinski definition) is 7. The second-order valence-corrected chi connectivity index (χ2v) is 10.2. The van der Waals surface area contributed by atoms with Crippen LogP contribution >= 0.6 is 11.3 Å². The lowest BCUT2D eigenvalue weighted by Crippen LogP contribution is -2.39. The number of ketones is 1. The number of carbonyl (C=O) groups excluding carboxylic acids is 3. The van der Waals surface area contributed by atoms with Crippen molar-refractivity contribution in [3.63, 3.8) is 0 Å². The predicted octanol–water partition coefficient (Wildman–Crippen LogP) is 3.48. The van der Waals surface area contributed by atoms with E-state index in [-0.39, 0.29) is 28.8 Å². The summed E-state index contributed by atoms with van der Waals surface area (Å²) in [5, 5.41) is 13.6. The molecule has 9 nitrogen and oxygen atoms in total. The third-order valence-electron chi connectivity index (χ3n) is 7.11. The summed E-state index contributed by atoms with van der Waals surface area (Å²) in [4.78, 5) is 43.0. The van der Waals surface area contributed by atoms with Gasteiger partial charge in [-0.1, -0.05) is 0 Å². The maximum absolute atomic E-state index is 14.5. The lowest BCUT2D eigenvalue weighted by atomic mass is 10.0. The maximum atomic E-state index is 14.5. The number of nitrogens with zero attached hydrogens (tertiary/aromatic N) is 4. The van der Waals surface area contributed by atoms with E-state index in [1.54, 1.807) is 17.0 Å². The topological polar surface area (TPSA) is 119 Å². The molecule has 3 aromatic heterocycles. The number of hydrogen-bond donors (Lipinski definition) is 2. The first-order chi connectivity index (χ1) is 17.2. The normalized spacial score (nSPS) is 20.6. The minimum absolute atomic E-state index is 0.000796. The van der Waals surface area contributed by atoms with Crippen molar-refractivity contribution in [3.8, 4) is 0 Å². The van der Waals surface area contributed by atoms with Crippen LogP contribution in [0, 0.1) is 18.7 Å².